The summed E-state index contributed by atoms with van der Waals surface area (Å²) < 4.78 is 4.89. The maximum Gasteiger partial charge on any atom is 0.308 e. The Hall–Kier alpha value is -1.85. The van der Waals surface area contributed by atoms with Crippen LogP contribution < -0.4 is 5.32 Å². The maximum absolute atomic E-state index is 12.0. The molecule has 2 rings (SSSR count). The molecule has 0 bridgehead atoms. The van der Waals surface area contributed by atoms with Crippen LogP contribution >= 0.6 is 0 Å². The van der Waals surface area contributed by atoms with E-state index in [9.17, 15) is 14.7 Å². The van der Waals surface area contributed by atoms with E-state index in [2.05, 4.69) is 10.5 Å². The van der Waals surface area contributed by atoms with Crippen LogP contribution in [0, 0.1) is 12.8 Å². The largest absolute Gasteiger partial charge is 0.481 e. The first-order chi connectivity index (χ1) is 9.08. The van der Waals surface area contributed by atoms with Crippen molar-refractivity contribution in [2.75, 3.05) is 0 Å². The number of amides is 1. The molecule has 6 heteroatoms. The van der Waals surface area contributed by atoms with Gasteiger partial charge in [-0.05, 0) is 19.8 Å². The van der Waals surface area contributed by atoms with Gasteiger partial charge >= 0.3 is 5.97 Å². The third-order valence-electron chi connectivity index (χ3n) is 3.50. The third-order valence-corrected chi connectivity index (χ3v) is 3.50. The summed E-state index contributed by atoms with van der Waals surface area (Å²) in [5, 5.41) is 15.7. The quantitative estimate of drug-likeness (QED) is 0.813. The lowest BCUT2D eigenvalue weighted by Gasteiger charge is -2.22. The molecule has 0 unspecified atom stereocenters. The van der Waals surface area contributed by atoms with Gasteiger partial charge in [0, 0.05) is 12.1 Å². The molecule has 0 aromatic carbocycles. The highest BCUT2D eigenvalue weighted by molar-refractivity contribution is 5.92. The molecule has 1 aliphatic rings. The smallest absolute Gasteiger partial charge is 0.308 e. The summed E-state index contributed by atoms with van der Waals surface area (Å²) in [5.41, 5.74) is 0.626. The molecule has 1 aliphatic carbocycles. The number of aromatic nitrogens is 1. The van der Waals surface area contributed by atoms with Gasteiger partial charge in [-0.3, -0.25) is 9.59 Å². The molecule has 0 saturated heterocycles. The standard InChI is InChI=1S/C13H18N2O4/c1-8-7-11(19-15-8)12(16)14-10-6-4-2-3-5-9(10)13(17)18/h7,9-10H,2-6H2,1H3,(H,14,16)(H,17,18)/t9-,10+/m0/s1. The fourth-order valence-electron chi connectivity index (χ4n) is 2.49. The van der Waals surface area contributed by atoms with E-state index in [1.54, 1.807) is 13.0 Å². The highest BCUT2D eigenvalue weighted by Crippen LogP contribution is 2.24. The van der Waals surface area contributed by atoms with Crippen molar-refractivity contribution in [3.05, 3.63) is 17.5 Å². The summed E-state index contributed by atoms with van der Waals surface area (Å²) in [4.78, 5) is 23.2. The summed E-state index contributed by atoms with van der Waals surface area (Å²) in [7, 11) is 0. The number of aryl methyl sites for hydroxylation is 1. The summed E-state index contributed by atoms with van der Waals surface area (Å²) in [6.07, 6.45) is 4.14. The molecule has 1 amide bonds. The number of nitrogens with zero attached hydrogens (tertiary/aromatic N) is 1. The number of rotatable bonds is 3. The Bertz CT molecular complexity index is 469. The van der Waals surface area contributed by atoms with E-state index in [-0.39, 0.29) is 11.8 Å². The van der Waals surface area contributed by atoms with E-state index < -0.39 is 17.8 Å². The van der Waals surface area contributed by atoms with Crippen LogP contribution in [0.1, 0.15) is 48.4 Å². The maximum atomic E-state index is 12.0. The Morgan fingerprint density at radius 1 is 1.37 bits per heavy atom. The van der Waals surface area contributed by atoms with Crippen LogP contribution in [0.25, 0.3) is 0 Å². The first kappa shape index (κ1) is 13.6. The van der Waals surface area contributed by atoms with Gasteiger partial charge in [-0.25, -0.2) is 0 Å². The Balaban J connectivity index is 2.06. The van der Waals surface area contributed by atoms with Crippen LogP contribution in [-0.2, 0) is 4.79 Å². The highest BCUT2D eigenvalue weighted by Gasteiger charge is 2.31. The van der Waals surface area contributed by atoms with Crippen LogP contribution in [0.4, 0.5) is 0 Å². The van der Waals surface area contributed by atoms with Gasteiger partial charge < -0.3 is 14.9 Å². The van der Waals surface area contributed by atoms with Gasteiger partial charge in [-0.15, -0.1) is 0 Å². The van der Waals surface area contributed by atoms with Crippen molar-refractivity contribution in [3.63, 3.8) is 0 Å². The van der Waals surface area contributed by atoms with E-state index in [4.69, 9.17) is 4.52 Å². The number of carbonyl (C=O) groups excluding carboxylic acids is 1. The van der Waals surface area contributed by atoms with Gasteiger partial charge in [0.05, 0.1) is 11.6 Å². The predicted molar refractivity (Wildman–Crippen MR) is 66.7 cm³/mol. The molecule has 19 heavy (non-hydrogen) atoms. The SMILES string of the molecule is Cc1cc(C(=O)N[C@@H]2CCCCC[C@@H]2C(=O)O)on1. The van der Waals surface area contributed by atoms with Gasteiger partial charge in [-0.1, -0.05) is 24.4 Å². The number of aliphatic carboxylic acids is 1. The first-order valence-corrected chi connectivity index (χ1v) is 6.55. The summed E-state index contributed by atoms with van der Waals surface area (Å²) in [5.74, 6) is -1.62. The second-order valence-electron chi connectivity index (χ2n) is 5.00. The Labute approximate surface area is 111 Å². The lowest BCUT2D eigenvalue weighted by atomic mass is 9.95. The molecule has 0 spiro atoms. The number of carbonyl (C=O) groups is 2. The minimum Gasteiger partial charge on any atom is -0.481 e. The molecule has 1 aromatic rings. The number of hydrogen-bond acceptors (Lipinski definition) is 4. The second-order valence-corrected chi connectivity index (χ2v) is 5.00. The minimum absolute atomic E-state index is 0.130. The van der Waals surface area contributed by atoms with Crippen LogP contribution in [0.2, 0.25) is 0 Å². The molecular formula is C13H18N2O4. The van der Waals surface area contributed by atoms with Crippen LogP contribution in [0.3, 0.4) is 0 Å². The van der Waals surface area contributed by atoms with Gasteiger partial charge in [0.1, 0.15) is 0 Å². The fraction of sp³-hybridized carbons (Fsp3) is 0.615. The van der Waals surface area contributed by atoms with E-state index >= 15 is 0 Å². The lowest BCUT2D eigenvalue weighted by Crippen LogP contribution is -2.42. The van der Waals surface area contributed by atoms with Crippen molar-refractivity contribution in [1.29, 1.82) is 0 Å². The van der Waals surface area contributed by atoms with Crippen molar-refractivity contribution < 1.29 is 19.2 Å². The molecule has 104 valence electrons. The van der Waals surface area contributed by atoms with Crippen molar-refractivity contribution in [2.45, 2.75) is 45.1 Å². The Kier molecular flexibility index (Phi) is 4.19. The highest BCUT2D eigenvalue weighted by atomic mass is 16.5. The zero-order chi connectivity index (χ0) is 13.8. The van der Waals surface area contributed by atoms with Crippen molar-refractivity contribution in [3.8, 4) is 0 Å². The van der Waals surface area contributed by atoms with Gasteiger partial charge in [0.2, 0.25) is 5.76 Å². The fourth-order valence-corrected chi connectivity index (χ4v) is 2.49. The molecular weight excluding hydrogens is 248 g/mol. The zero-order valence-corrected chi connectivity index (χ0v) is 10.9. The molecule has 2 N–H and O–H groups in total. The molecule has 0 aliphatic heterocycles. The van der Waals surface area contributed by atoms with Crippen LogP contribution in [0.5, 0.6) is 0 Å². The predicted octanol–water partition coefficient (Wildman–Crippen LogP) is 1.75. The van der Waals surface area contributed by atoms with E-state index in [0.29, 0.717) is 18.5 Å². The third kappa shape index (κ3) is 3.33. The lowest BCUT2D eigenvalue weighted by molar-refractivity contribution is -0.142. The summed E-state index contributed by atoms with van der Waals surface area (Å²) in [6.45, 7) is 1.73. The van der Waals surface area contributed by atoms with Crippen molar-refractivity contribution in [1.82, 2.24) is 10.5 Å². The van der Waals surface area contributed by atoms with E-state index in [0.717, 1.165) is 19.3 Å². The molecule has 6 nitrogen and oxygen atoms in total. The molecule has 1 heterocycles. The number of carboxylic acid groups (broad SMARTS) is 1. The molecule has 1 aromatic heterocycles. The van der Waals surface area contributed by atoms with Crippen LogP contribution in [0.15, 0.2) is 10.6 Å². The van der Waals surface area contributed by atoms with Gasteiger partial charge in [0.25, 0.3) is 5.91 Å². The van der Waals surface area contributed by atoms with Crippen molar-refractivity contribution >= 4 is 11.9 Å². The molecule has 1 fully saturated rings. The average molecular weight is 266 g/mol. The normalized spacial score (nSPS) is 23.6. The topological polar surface area (TPSA) is 92.4 Å². The van der Waals surface area contributed by atoms with E-state index in [1.807, 2.05) is 0 Å². The zero-order valence-electron chi connectivity index (χ0n) is 10.9. The van der Waals surface area contributed by atoms with Crippen LogP contribution in [-0.4, -0.2) is 28.2 Å². The minimum atomic E-state index is -0.846. The molecule has 1 saturated carbocycles. The molecule has 2 atom stereocenters. The summed E-state index contributed by atoms with van der Waals surface area (Å²) in [6, 6.07) is 1.21. The second kappa shape index (κ2) is 5.86. The Morgan fingerprint density at radius 3 is 2.74 bits per heavy atom. The monoisotopic (exact) mass is 266 g/mol. The van der Waals surface area contributed by atoms with E-state index in [1.165, 1.54) is 0 Å². The average Bonchev–Trinajstić information content (AvgIpc) is 2.65. The molecule has 0 radical (unpaired) electrons. The number of hydrogen-bond donors (Lipinski definition) is 2. The Morgan fingerprint density at radius 2 is 2.11 bits per heavy atom. The van der Waals surface area contributed by atoms with Gasteiger partial charge in [0.15, 0.2) is 0 Å². The van der Waals surface area contributed by atoms with Crippen molar-refractivity contribution in [2.24, 2.45) is 5.92 Å². The number of nitrogens with one attached hydrogen (secondary N) is 1. The van der Waals surface area contributed by atoms with Gasteiger partial charge in [-0.2, -0.15) is 0 Å². The number of carboxylic acids is 1. The first-order valence-electron chi connectivity index (χ1n) is 6.55. The summed E-state index contributed by atoms with van der Waals surface area (Å²) >= 11 is 0.